The van der Waals surface area contributed by atoms with Gasteiger partial charge in [-0.1, -0.05) is 11.6 Å². The second-order valence-corrected chi connectivity index (χ2v) is 4.85. The van der Waals surface area contributed by atoms with Crippen molar-refractivity contribution in [3.63, 3.8) is 0 Å². The van der Waals surface area contributed by atoms with E-state index in [1.54, 1.807) is 21.0 Å². The molecule has 0 spiro atoms. The summed E-state index contributed by atoms with van der Waals surface area (Å²) in [4.78, 5) is 23.9. The molecule has 0 aromatic carbocycles. The van der Waals surface area contributed by atoms with Gasteiger partial charge in [0.05, 0.1) is 16.4 Å². The van der Waals surface area contributed by atoms with Gasteiger partial charge in [0.15, 0.2) is 11.4 Å². The lowest BCUT2D eigenvalue weighted by Gasteiger charge is -2.02. The first-order valence-electron chi connectivity index (χ1n) is 6.11. The Balaban J connectivity index is 2.32. The molecule has 0 aliphatic carbocycles. The molecule has 0 saturated heterocycles. The molecular weight excluding hydrogens is 296 g/mol. The normalized spacial score (nSPS) is 10.5. The predicted molar refractivity (Wildman–Crippen MR) is 77.5 cm³/mol. The topological polar surface area (TPSA) is 93.8 Å². The Morgan fingerprint density at radius 1 is 1.19 bits per heavy atom. The quantitative estimate of drug-likeness (QED) is 0.874. The molecule has 2 heterocycles. The van der Waals surface area contributed by atoms with Crippen molar-refractivity contribution >= 4 is 29.1 Å². The van der Waals surface area contributed by atoms with Gasteiger partial charge in [-0.3, -0.25) is 19.0 Å². The summed E-state index contributed by atoms with van der Waals surface area (Å²) in [5.41, 5.74) is 1.20. The second-order valence-electron chi connectivity index (χ2n) is 4.47. The minimum atomic E-state index is -0.498. The van der Waals surface area contributed by atoms with Crippen LogP contribution in [-0.2, 0) is 14.1 Å². The van der Waals surface area contributed by atoms with Gasteiger partial charge in [-0.15, -0.1) is 0 Å². The SMILES string of the molecule is CNC(=O)c1nn(C)cc1NC(=O)c1nn(C)c(C)c1Cl. The summed E-state index contributed by atoms with van der Waals surface area (Å²) in [6.07, 6.45) is 1.53. The van der Waals surface area contributed by atoms with E-state index in [4.69, 9.17) is 11.6 Å². The van der Waals surface area contributed by atoms with Crippen LogP contribution in [0.15, 0.2) is 6.20 Å². The Labute approximate surface area is 126 Å². The highest BCUT2D eigenvalue weighted by atomic mass is 35.5. The summed E-state index contributed by atoms with van der Waals surface area (Å²) in [6, 6.07) is 0. The molecule has 21 heavy (non-hydrogen) atoms. The third-order valence-corrected chi connectivity index (χ3v) is 3.45. The zero-order valence-corrected chi connectivity index (χ0v) is 12.8. The van der Waals surface area contributed by atoms with Crippen molar-refractivity contribution in [3.05, 3.63) is 28.3 Å². The lowest BCUT2D eigenvalue weighted by molar-refractivity contribution is 0.0958. The van der Waals surface area contributed by atoms with E-state index in [1.165, 1.54) is 22.6 Å². The Morgan fingerprint density at radius 2 is 1.86 bits per heavy atom. The first kappa shape index (κ1) is 15.0. The monoisotopic (exact) mass is 310 g/mol. The molecule has 8 nitrogen and oxygen atoms in total. The molecule has 2 amide bonds. The molecule has 0 bridgehead atoms. The second kappa shape index (κ2) is 5.57. The summed E-state index contributed by atoms with van der Waals surface area (Å²) in [7, 11) is 4.83. The number of rotatable bonds is 3. The third kappa shape index (κ3) is 2.75. The summed E-state index contributed by atoms with van der Waals surface area (Å²) >= 11 is 6.07. The first-order valence-corrected chi connectivity index (χ1v) is 6.49. The minimum absolute atomic E-state index is 0.100. The van der Waals surface area contributed by atoms with Gasteiger partial charge in [0.2, 0.25) is 0 Å². The van der Waals surface area contributed by atoms with Crippen LogP contribution in [0.25, 0.3) is 0 Å². The molecule has 0 unspecified atom stereocenters. The van der Waals surface area contributed by atoms with Gasteiger partial charge in [-0.2, -0.15) is 10.2 Å². The summed E-state index contributed by atoms with van der Waals surface area (Å²) in [5, 5.41) is 13.4. The van der Waals surface area contributed by atoms with E-state index in [0.29, 0.717) is 11.4 Å². The highest BCUT2D eigenvalue weighted by Gasteiger charge is 2.22. The van der Waals surface area contributed by atoms with E-state index in [0.717, 1.165) is 0 Å². The maximum atomic E-state index is 12.2. The van der Waals surface area contributed by atoms with Crippen molar-refractivity contribution in [2.45, 2.75) is 6.92 Å². The van der Waals surface area contributed by atoms with Gasteiger partial charge in [0, 0.05) is 27.3 Å². The van der Waals surface area contributed by atoms with Gasteiger partial charge in [-0.25, -0.2) is 0 Å². The van der Waals surface area contributed by atoms with Crippen LogP contribution in [-0.4, -0.2) is 38.4 Å². The van der Waals surface area contributed by atoms with Crippen molar-refractivity contribution in [2.24, 2.45) is 14.1 Å². The molecule has 2 rings (SSSR count). The van der Waals surface area contributed by atoms with Gasteiger partial charge in [-0.05, 0) is 6.92 Å². The van der Waals surface area contributed by atoms with E-state index in [1.807, 2.05) is 0 Å². The number of carbonyl (C=O) groups excluding carboxylic acids is 2. The van der Waals surface area contributed by atoms with E-state index >= 15 is 0 Å². The molecule has 0 saturated carbocycles. The highest BCUT2D eigenvalue weighted by molar-refractivity contribution is 6.34. The molecule has 2 aromatic rings. The lowest BCUT2D eigenvalue weighted by atomic mass is 10.3. The Bertz CT molecular complexity index is 718. The average molecular weight is 311 g/mol. The van der Waals surface area contributed by atoms with Crippen LogP contribution in [0.4, 0.5) is 5.69 Å². The van der Waals surface area contributed by atoms with Crippen LogP contribution in [0.3, 0.4) is 0 Å². The molecule has 0 aliphatic heterocycles. The number of aromatic nitrogens is 4. The van der Waals surface area contributed by atoms with Crippen LogP contribution in [0.5, 0.6) is 0 Å². The van der Waals surface area contributed by atoms with Crippen LogP contribution in [0.1, 0.15) is 26.7 Å². The fraction of sp³-hybridized carbons (Fsp3) is 0.333. The van der Waals surface area contributed by atoms with E-state index in [2.05, 4.69) is 20.8 Å². The largest absolute Gasteiger partial charge is 0.354 e. The maximum absolute atomic E-state index is 12.2. The zero-order valence-electron chi connectivity index (χ0n) is 12.1. The molecule has 2 N–H and O–H groups in total. The summed E-state index contributed by atoms with van der Waals surface area (Å²) in [6.45, 7) is 1.76. The molecule has 9 heteroatoms. The van der Waals surface area contributed by atoms with Crippen LogP contribution >= 0.6 is 11.6 Å². The standard InChI is InChI=1S/C12H15ClN6O2/c1-6-8(13)10(17-19(6)4)12(21)15-7-5-18(3)16-9(7)11(20)14-2/h5H,1-4H3,(H,14,20)(H,15,21). The molecule has 0 aliphatic rings. The number of amides is 2. The predicted octanol–water partition coefficient (Wildman–Crippen LogP) is 0.727. The molecule has 0 radical (unpaired) electrons. The van der Waals surface area contributed by atoms with E-state index in [-0.39, 0.29) is 16.4 Å². The number of hydrogen-bond acceptors (Lipinski definition) is 4. The number of aryl methyl sites for hydroxylation is 2. The first-order chi connectivity index (χ1) is 9.85. The van der Waals surface area contributed by atoms with E-state index in [9.17, 15) is 9.59 Å². The smallest absolute Gasteiger partial charge is 0.277 e. The van der Waals surface area contributed by atoms with Crippen LogP contribution in [0, 0.1) is 6.92 Å². The van der Waals surface area contributed by atoms with Crippen LogP contribution in [0.2, 0.25) is 5.02 Å². The summed E-state index contributed by atoms with van der Waals surface area (Å²) < 4.78 is 2.95. The number of nitrogens with zero attached hydrogens (tertiary/aromatic N) is 4. The number of anilines is 1. The van der Waals surface area contributed by atoms with Gasteiger partial charge < -0.3 is 10.6 Å². The molecule has 112 valence electrons. The Hall–Kier alpha value is -2.35. The van der Waals surface area contributed by atoms with Gasteiger partial charge in [0.25, 0.3) is 11.8 Å². The fourth-order valence-electron chi connectivity index (χ4n) is 1.77. The van der Waals surface area contributed by atoms with E-state index < -0.39 is 11.8 Å². The number of hydrogen-bond donors (Lipinski definition) is 2. The van der Waals surface area contributed by atoms with Crippen molar-refractivity contribution in [1.29, 1.82) is 0 Å². The molecular formula is C12H15ClN6O2. The minimum Gasteiger partial charge on any atom is -0.354 e. The fourth-order valence-corrected chi connectivity index (χ4v) is 2.02. The van der Waals surface area contributed by atoms with Crippen LogP contribution < -0.4 is 10.6 Å². The van der Waals surface area contributed by atoms with Gasteiger partial charge in [0.1, 0.15) is 0 Å². The summed E-state index contributed by atoms with van der Waals surface area (Å²) in [5.74, 6) is -0.893. The van der Waals surface area contributed by atoms with Crippen molar-refractivity contribution in [1.82, 2.24) is 24.9 Å². The number of carbonyl (C=O) groups is 2. The van der Waals surface area contributed by atoms with Gasteiger partial charge >= 0.3 is 0 Å². The Kier molecular flexibility index (Phi) is 3.99. The van der Waals surface area contributed by atoms with Crippen molar-refractivity contribution in [3.8, 4) is 0 Å². The maximum Gasteiger partial charge on any atom is 0.277 e. The third-order valence-electron chi connectivity index (χ3n) is 3.00. The molecule has 0 fully saturated rings. The zero-order chi connectivity index (χ0) is 15.7. The number of halogens is 1. The Morgan fingerprint density at radius 3 is 2.38 bits per heavy atom. The molecule has 2 aromatic heterocycles. The van der Waals surface area contributed by atoms with Crippen molar-refractivity contribution in [2.75, 3.05) is 12.4 Å². The van der Waals surface area contributed by atoms with Crippen molar-refractivity contribution < 1.29 is 9.59 Å². The average Bonchev–Trinajstić information content (AvgIpc) is 2.93. The highest BCUT2D eigenvalue weighted by Crippen LogP contribution is 2.21. The number of nitrogens with one attached hydrogen (secondary N) is 2. The lowest BCUT2D eigenvalue weighted by Crippen LogP contribution is -2.21. The molecule has 0 atom stereocenters.